The van der Waals surface area contributed by atoms with Gasteiger partial charge in [-0.25, -0.2) is 18.9 Å². The fraction of sp³-hybridized carbons (Fsp3) is 0.182. The van der Waals surface area contributed by atoms with E-state index in [1.807, 2.05) is 62.4 Å². The Bertz CT molecular complexity index is 1240. The van der Waals surface area contributed by atoms with E-state index in [0.29, 0.717) is 16.4 Å². The predicted octanol–water partition coefficient (Wildman–Crippen LogP) is 3.44. The quantitative estimate of drug-likeness (QED) is 0.484. The molecule has 0 bridgehead atoms. The molecule has 4 rings (SSSR count). The Labute approximate surface area is 177 Å². The minimum absolute atomic E-state index is 0.170. The van der Waals surface area contributed by atoms with E-state index in [2.05, 4.69) is 15.4 Å². The molecule has 30 heavy (non-hydrogen) atoms. The Kier molecular flexibility index (Phi) is 5.67. The van der Waals surface area contributed by atoms with Gasteiger partial charge in [-0.15, -0.1) is 5.10 Å². The second-order valence-electron chi connectivity index (χ2n) is 6.96. The van der Waals surface area contributed by atoms with Gasteiger partial charge in [-0.3, -0.25) is 4.79 Å². The molecule has 1 amide bonds. The van der Waals surface area contributed by atoms with Crippen LogP contribution in [0, 0.1) is 13.8 Å². The van der Waals surface area contributed by atoms with Crippen LogP contribution in [0.2, 0.25) is 0 Å². The summed E-state index contributed by atoms with van der Waals surface area (Å²) < 4.78 is 2.60. The highest BCUT2D eigenvalue weighted by Gasteiger charge is 2.15. The first-order chi connectivity index (χ1) is 14.5. The SMILES string of the molecule is Cc1cccc(C)c1NC(=O)Cn1nc2c(SCc3ccccc3)nccn2c1=O. The number of carbonyl (C=O) groups is 1. The molecule has 0 saturated carbocycles. The molecule has 4 aromatic rings. The number of aromatic nitrogens is 4. The average molecular weight is 420 g/mol. The molecule has 7 nitrogen and oxygen atoms in total. The third-order valence-corrected chi connectivity index (χ3v) is 5.77. The van der Waals surface area contributed by atoms with Crippen LogP contribution in [-0.2, 0) is 17.1 Å². The zero-order chi connectivity index (χ0) is 21.1. The van der Waals surface area contributed by atoms with Crippen molar-refractivity contribution in [1.29, 1.82) is 0 Å². The molecular weight excluding hydrogens is 398 g/mol. The maximum absolute atomic E-state index is 12.7. The van der Waals surface area contributed by atoms with Crippen LogP contribution in [-0.4, -0.2) is 25.1 Å². The number of amides is 1. The maximum atomic E-state index is 12.7. The number of hydrogen-bond donors (Lipinski definition) is 1. The second kappa shape index (κ2) is 8.54. The van der Waals surface area contributed by atoms with Crippen LogP contribution in [0.15, 0.2) is 70.7 Å². The van der Waals surface area contributed by atoms with E-state index in [1.54, 1.807) is 12.4 Å². The number of hydrogen-bond acceptors (Lipinski definition) is 5. The molecular formula is C22H21N5O2S. The normalized spacial score (nSPS) is 11.0. The average Bonchev–Trinajstić information content (AvgIpc) is 3.06. The van der Waals surface area contributed by atoms with Crippen LogP contribution in [0.1, 0.15) is 16.7 Å². The first-order valence-electron chi connectivity index (χ1n) is 9.50. The minimum atomic E-state index is -0.370. The fourth-order valence-corrected chi connectivity index (χ4v) is 4.08. The van der Waals surface area contributed by atoms with Gasteiger partial charge in [0.2, 0.25) is 5.91 Å². The number of thioether (sulfide) groups is 1. The monoisotopic (exact) mass is 419 g/mol. The van der Waals surface area contributed by atoms with Gasteiger partial charge in [-0.1, -0.05) is 60.3 Å². The summed E-state index contributed by atoms with van der Waals surface area (Å²) in [6.45, 7) is 3.69. The predicted molar refractivity (Wildman–Crippen MR) is 118 cm³/mol. The first kappa shape index (κ1) is 19.9. The van der Waals surface area contributed by atoms with Crippen LogP contribution in [0.4, 0.5) is 5.69 Å². The summed E-state index contributed by atoms with van der Waals surface area (Å²) in [7, 11) is 0. The largest absolute Gasteiger partial charge is 0.350 e. The lowest BCUT2D eigenvalue weighted by molar-refractivity contribution is -0.117. The molecule has 0 radical (unpaired) electrons. The standard InChI is InChI=1S/C22H21N5O2S/c1-15-7-6-8-16(2)19(15)24-18(28)13-27-22(29)26-12-11-23-21(20(26)25-27)30-14-17-9-4-3-5-10-17/h3-12H,13-14H2,1-2H3,(H,24,28). The number of nitrogens with one attached hydrogen (secondary N) is 1. The maximum Gasteiger partial charge on any atom is 0.350 e. The van der Waals surface area contributed by atoms with Crippen molar-refractivity contribution in [3.8, 4) is 0 Å². The number of para-hydroxylation sites is 1. The number of anilines is 1. The van der Waals surface area contributed by atoms with Gasteiger partial charge in [-0.2, -0.15) is 0 Å². The van der Waals surface area contributed by atoms with Crippen molar-refractivity contribution in [2.45, 2.75) is 31.2 Å². The summed E-state index contributed by atoms with van der Waals surface area (Å²) in [4.78, 5) is 29.7. The molecule has 8 heteroatoms. The first-order valence-corrected chi connectivity index (χ1v) is 10.5. The molecule has 0 fully saturated rings. The van der Waals surface area contributed by atoms with Gasteiger partial charge in [0, 0.05) is 23.8 Å². The molecule has 0 spiro atoms. The Hall–Kier alpha value is -3.39. The Morgan fingerprint density at radius 1 is 1.07 bits per heavy atom. The van der Waals surface area contributed by atoms with Crippen LogP contribution in [0.25, 0.3) is 5.65 Å². The summed E-state index contributed by atoms with van der Waals surface area (Å²) in [6, 6.07) is 15.8. The van der Waals surface area contributed by atoms with Gasteiger partial charge in [0.1, 0.15) is 11.6 Å². The van der Waals surface area contributed by atoms with E-state index in [-0.39, 0.29) is 18.1 Å². The van der Waals surface area contributed by atoms with Gasteiger partial charge >= 0.3 is 5.69 Å². The molecule has 0 saturated heterocycles. The third kappa shape index (κ3) is 4.13. The molecule has 1 N–H and O–H groups in total. The highest BCUT2D eigenvalue weighted by Crippen LogP contribution is 2.23. The highest BCUT2D eigenvalue weighted by molar-refractivity contribution is 7.98. The van der Waals surface area contributed by atoms with E-state index in [9.17, 15) is 9.59 Å². The van der Waals surface area contributed by atoms with Crippen molar-refractivity contribution < 1.29 is 4.79 Å². The zero-order valence-electron chi connectivity index (χ0n) is 16.7. The molecule has 0 aliphatic rings. The molecule has 0 atom stereocenters. The van der Waals surface area contributed by atoms with Crippen molar-refractivity contribution in [1.82, 2.24) is 19.2 Å². The van der Waals surface area contributed by atoms with Gasteiger partial charge in [0.05, 0.1) is 0 Å². The smallest absolute Gasteiger partial charge is 0.324 e. The Morgan fingerprint density at radius 2 is 1.80 bits per heavy atom. The molecule has 0 unspecified atom stereocenters. The molecule has 2 heterocycles. The van der Waals surface area contributed by atoms with Crippen LogP contribution < -0.4 is 11.0 Å². The Balaban J connectivity index is 1.56. The summed E-state index contributed by atoms with van der Waals surface area (Å²) in [6.07, 6.45) is 3.14. The lowest BCUT2D eigenvalue weighted by Crippen LogP contribution is -2.28. The molecule has 2 aromatic heterocycles. The molecule has 0 aliphatic carbocycles. The van der Waals surface area contributed by atoms with Crippen LogP contribution in [0.5, 0.6) is 0 Å². The number of aryl methyl sites for hydroxylation is 2. The Morgan fingerprint density at radius 3 is 2.53 bits per heavy atom. The number of carbonyl (C=O) groups excluding carboxylic acids is 1. The number of rotatable bonds is 6. The van der Waals surface area contributed by atoms with E-state index in [1.165, 1.54) is 20.8 Å². The fourth-order valence-electron chi connectivity index (χ4n) is 3.18. The summed E-state index contributed by atoms with van der Waals surface area (Å²) in [5.41, 5.74) is 3.93. The lowest BCUT2D eigenvalue weighted by atomic mass is 10.1. The van der Waals surface area contributed by atoms with Crippen LogP contribution in [0.3, 0.4) is 0 Å². The zero-order valence-corrected chi connectivity index (χ0v) is 17.5. The van der Waals surface area contributed by atoms with E-state index in [4.69, 9.17) is 0 Å². The van der Waals surface area contributed by atoms with E-state index >= 15 is 0 Å². The van der Waals surface area contributed by atoms with Crippen molar-refractivity contribution in [2.24, 2.45) is 0 Å². The highest BCUT2D eigenvalue weighted by atomic mass is 32.2. The van der Waals surface area contributed by atoms with Crippen molar-refractivity contribution in [3.63, 3.8) is 0 Å². The number of nitrogens with zero attached hydrogens (tertiary/aromatic N) is 4. The van der Waals surface area contributed by atoms with Gasteiger partial charge in [0.25, 0.3) is 0 Å². The number of fused-ring (bicyclic) bond motifs is 1. The van der Waals surface area contributed by atoms with Crippen LogP contribution >= 0.6 is 11.8 Å². The summed E-state index contributed by atoms with van der Waals surface area (Å²) in [5.74, 6) is 0.408. The van der Waals surface area contributed by atoms with Gasteiger partial charge in [0.15, 0.2) is 5.65 Å². The van der Waals surface area contributed by atoms with Gasteiger partial charge in [-0.05, 0) is 30.5 Å². The third-order valence-electron chi connectivity index (χ3n) is 4.73. The molecule has 152 valence electrons. The van der Waals surface area contributed by atoms with Gasteiger partial charge < -0.3 is 5.32 Å². The topological polar surface area (TPSA) is 81.3 Å². The summed E-state index contributed by atoms with van der Waals surface area (Å²) >= 11 is 1.50. The molecule has 0 aliphatic heterocycles. The van der Waals surface area contributed by atoms with Crippen molar-refractivity contribution in [2.75, 3.05) is 5.32 Å². The second-order valence-corrected chi connectivity index (χ2v) is 7.92. The van der Waals surface area contributed by atoms with Crippen molar-refractivity contribution in [3.05, 3.63) is 88.1 Å². The van der Waals surface area contributed by atoms with E-state index < -0.39 is 0 Å². The lowest BCUT2D eigenvalue weighted by Gasteiger charge is -2.10. The molecule has 2 aromatic carbocycles. The summed E-state index contributed by atoms with van der Waals surface area (Å²) in [5, 5.41) is 7.91. The number of benzene rings is 2. The van der Waals surface area contributed by atoms with E-state index in [0.717, 1.165) is 22.4 Å². The minimum Gasteiger partial charge on any atom is -0.324 e. The van der Waals surface area contributed by atoms with Crippen molar-refractivity contribution >= 4 is 29.0 Å².